The van der Waals surface area contributed by atoms with Crippen LogP contribution in [0.15, 0.2) is 24.5 Å². The summed E-state index contributed by atoms with van der Waals surface area (Å²) < 4.78 is 5.75. The molecule has 0 amide bonds. The maximum atomic E-state index is 7.28. The fourth-order valence-electron chi connectivity index (χ4n) is 1.84. The first-order valence-electron chi connectivity index (χ1n) is 6.52. The third-order valence-electron chi connectivity index (χ3n) is 3.03. The SMILES string of the molecule is Cc1cc(Cl)c(C(C)C)cc1Oc1cnc(C(=N)N)cn1. The van der Waals surface area contributed by atoms with Crippen molar-refractivity contribution in [3.63, 3.8) is 0 Å². The van der Waals surface area contributed by atoms with Gasteiger partial charge in [0.1, 0.15) is 17.3 Å². The van der Waals surface area contributed by atoms with Crippen LogP contribution in [-0.4, -0.2) is 15.8 Å². The third-order valence-corrected chi connectivity index (χ3v) is 3.36. The summed E-state index contributed by atoms with van der Waals surface area (Å²) in [5, 5.41) is 8.01. The highest BCUT2D eigenvalue weighted by atomic mass is 35.5. The molecule has 1 aromatic carbocycles. The molecule has 1 aromatic heterocycles. The third kappa shape index (κ3) is 3.49. The normalized spacial score (nSPS) is 10.7. The topological polar surface area (TPSA) is 84.9 Å². The Morgan fingerprint density at radius 2 is 2.00 bits per heavy atom. The highest BCUT2D eigenvalue weighted by molar-refractivity contribution is 6.31. The van der Waals surface area contributed by atoms with Crippen molar-refractivity contribution in [2.75, 3.05) is 0 Å². The van der Waals surface area contributed by atoms with E-state index in [0.29, 0.717) is 23.2 Å². The van der Waals surface area contributed by atoms with Gasteiger partial charge in [-0.1, -0.05) is 25.4 Å². The summed E-state index contributed by atoms with van der Waals surface area (Å²) in [4.78, 5) is 8.11. The predicted octanol–water partition coefficient (Wildman–Crippen LogP) is 3.64. The highest BCUT2D eigenvalue weighted by Crippen LogP contribution is 2.33. The van der Waals surface area contributed by atoms with Crippen LogP contribution in [-0.2, 0) is 0 Å². The lowest BCUT2D eigenvalue weighted by Crippen LogP contribution is -2.13. The molecule has 0 radical (unpaired) electrons. The zero-order valence-electron chi connectivity index (χ0n) is 12.1. The summed E-state index contributed by atoms with van der Waals surface area (Å²) in [6, 6.07) is 3.80. The number of hydrogen-bond acceptors (Lipinski definition) is 4. The van der Waals surface area contributed by atoms with Crippen molar-refractivity contribution in [2.24, 2.45) is 5.73 Å². The monoisotopic (exact) mass is 304 g/mol. The highest BCUT2D eigenvalue weighted by Gasteiger charge is 2.11. The molecule has 2 rings (SSSR count). The molecule has 0 saturated heterocycles. The first-order chi connectivity index (χ1) is 9.88. The molecular formula is C15H17ClN4O. The summed E-state index contributed by atoms with van der Waals surface area (Å²) in [5.74, 6) is 1.21. The van der Waals surface area contributed by atoms with Gasteiger partial charge in [-0.05, 0) is 36.1 Å². The van der Waals surface area contributed by atoms with Crippen LogP contribution >= 0.6 is 11.6 Å². The minimum Gasteiger partial charge on any atom is -0.437 e. The van der Waals surface area contributed by atoms with Gasteiger partial charge in [-0.15, -0.1) is 0 Å². The Hall–Kier alpha value is -2.14. The zero-order valence-corrected chi connectivity index (χ0v) is 12.9. The minimum atomic E-state index is -0.126. The van der Waals surface area contributed by atoms with Gasteiger partial charge in [0.25, 0.3) is 0 Å². The Morgan fingerprint density at radius 1 is 1.29 bits per heavy atom. The van der Waals surface area contributed by atoms with E-state index in [0.717, 1.165) is 16.1 Å². The van der Waals surface area contributed by atoms with Gasteiger partial charge in [0, 0.05) is 5.02 Å². The maximum absolute atomic E-state index is 7.28. The molecule has 21 heavy (non-hydrogen) atoms. The molecule has 0 aliphatic carbocycles. The lowest BCUT2D eigenvalue weighted by Gasteiger charge is -2.14. The number of aryl methyl sites for hydroxylation is 1. The van der Waals surface area contributed by atoms with Crippen molar-refractivity contribution < 1.29 is 4.74 Å². The number of ether oxygens (including phenoxy) is 1. The molecule has 0 saturated carbocycles. The fraction of sp³-hybridized carbons (Fsp3) is 0.267. The predicted molar refractivity (Wildman–Crippen MR) is 83.4 cm³/mol. The van der Waals surface area contributed by atoms with E-state index in [4.69, 9.17) is 27.5 Å². The van der Waals surface area contributed by atoms with Gasteiger partial charge in [0.15, 0.2) is 0 Å². The van der Waals surface area contributed by atoms with Gasteiger partial charge in [-0.3, -0.25) is 5.41 Å². The van der Waals surface area contributed by atoms with Crippen LogP contribution in [0.3, 0.4) is 0 Å². The van der Waals surface area contributed by atoms with E-state index in [1.165, 1.54) is 12.4 Å². The van der Waals surface area contributed by atoms with Crippen LogP contribution in [0.25, 0.3) is 0 Å². The molecule has 0 aliphatic heterocycles. The average molecular weight is 305 g/mol. The van der Waals surface area contributed by atoms with E-state index in [-0.39, 0.29) is 5.84 Å². The number of nitrogens with two attached hydrogens (primary N) is 1. The Balaban J connectivity index is 2.30. The molecular weight excluding hydrogens is 288 g/mol. The number of rotatable bonds is 4. The number of benzene rings is 1. The molecule has 0 spiro atoms. The standard InChI is InChI=1S/C15H17ClN4O/c1-8(2)10-5-13(9(3)4-11(10)16)21-14-7-19-12(6-20-14)15(17)18/h4-8H,1-3H3,(H3,17,18). The van der Waals surface area contributed by atoms with E-state index < -0.39 is 0 Å². The number of nitrogens with one attached hydrogen (secondary N) is 1. The molecule has 110 valence electrons. The first-order valence-corrected chi connectivity index (χ1v) is 6.90. The fourth-order valence-corrected chi connectivity index (χ4v) is 2.28. The second-order valence-corrected chi connectivity index (χ2v) is 5.46. The summed E-state index contributed by atoms with van der Waals surface area (Å²) in [6.45, 7) is 6.06. The van der Waals surface area contributed by atoms with Crippen molar-refractivity contribution in [2.45, 2.75) is 26.7 Å². The van der Waals surface area contributed by atoms with Gasteiger partial charge in [0.05, 0.1) is 12.4 Å². The molecule has 5 nitrogen and oxygen atoms in total. The Kier molecular flexibility index (Phi) is 4.43. The number of nitrogen functional groups attached to an aromatic ring is 1. The van der Waals surface area contributed by atoms with Crippen molar-refractivity contribution in [1.82, 2.24) is 9.97 Å². The number of halogens is 1. The number of hydrogen-bond donors (Lipinski definition) is 2. The van der Waals surface area contributed by atoms with Gasteiger partial charge >= 0.3 is 0 Å². The zero-order chi connectivity index (χ0) is 15.6. The van der Waals surface area contributed by atoms with Crippen molar-refractivity contribution in [3.8, 4) is 11.6 Å². The Labute approximate surface area is 128 Å². The van der Waals surface area contributed by atoms with E-state index >= 15 is 0 Å². The molecule has 2 aromatic rings. The smallest absolute Gasteiger partial charge is 0.237 e. The van der Waals surface area contributed by atoms with Gasteiger partial charge < -0.3 is 10.5 Å². The van der Waals surface area contributed by atoms with E-state index in [1.807, 2.05) is 19.1 Å². The summed E-state index contributed by atoms with van der Waals surface area (Å²) in [6.07, 6.45) is 2.85. The summed E-state index contributed by atoms with van der Waals surface area (Å²) in [5.41, 5.74) is 7.59. The number of aromatic nitrogens is 2. The molecule has 0 aliphatic rings. The van der Waals surface area contributed by atoms with Gasteiger partial charge in [-0.2, -0.15) is 0 Å². The van der Waals surface area contributed by atoms with Crippen LogP contribution in [0.5, 0.6) is 11.6 Å². The lowest BCUT2D eigenvalue weighted by molar-refractivity contribution is 0.455. The molecule has 3 N–H and O–H groups in total. The second kappa shape index (κ2) is 6.10. The Bertz CT molecular complexity index is 668. The van der Waals surface area contributed by atoms with E-state index in [2.05, 4.69) is 23.8 Å². The Morgan fingerprint density at radius 3 is 2.52 bits per heavy atom. The van der Waals surface area contributed by atoms with Crippen LogP contribution in [0.4, 0.5) is 0 Å². The van der Waals surface area contributed by atoms with Crippen LogP contribution < -0.4 is 10.5 Å². The van der Waals surface area contributed by atoms with Crippen molar-refractivity contribution in [3.05, 3.63) is 46.4 Å². The molecule has 1 heterocycles. The summed E-state index contributed by atoms with van der Waals surface area (Å²) >= 11 is 6.23. The van der Waals surface area contributed by atoms with Crippen LogP contribution in [0.1, 0.15) is 36.6 Å². The lowest BCUT2D eigenvalue weighted by atomic mass is 10.0. The molecule has 6 heteroatoms. The van der Waals surface area contributed by atoms with E-state index in [9.17, 15) is 0 Å². The quantitative estimate of drug-likeness (QED) is 0.667. The summed E-state index contributed by atoms with van der Waals surface area (Å²) in [7, 11) is 0. The van der Waals surface area contributed by atoms with E-state index in [1.54, 1.807) is 0 Å². The molecule has 0 unspecified atom stereocenters. The van der Waals surface area contributed by atoms with Crippen LogP contribution in [0, 0.1) is 12.3 Å². The second-order valence-electron chi connectivity index (χ2n) is 5.05. The molecule has 0 fully saturated rings. The van der Waals surface area contributed by atoms with Gasteiger partial charge in [0.2, 0.25) is 5.88 Å². The number of nitrogens with zero attached hydrogens (tertiary/aromatic N) is 2. The van der Waals surface area contributed by atoms with Crippen LogP contribution in [0.2, 0.25) is 5.02 Å². The average Bonchev–Trinajstić information content (AvgIpc) is 2.42. The largest absolute Gasteiger partial charge is 0.437 e. The minimum absolute atomic E-state index is 0.126. The molecule has 0 atom stereocenters. The number of amidine groups is 1. The van der Waals surface area contributed by atoms with Crippen molar-refractivity contribution >= 4 is 17.4 Å². The molecule has 0 bridgehead atoms. The van der Waals surface area contributed by atoms with Gasteiger partial charge in [-0.25, -0.2) is 9.97 Å². The maximum Gasteiger partial charge on any atom is 0.237 e. The first kappa shape index (κ1) is 15.3. The van der Waals surface area contributed by atoms with Crippen molar-refractivity contribution in [1.29, 1.82) is 5.41 Å².